The van der Waals surface area contributed by atoms with E-state index in [-0.39, 0.29) is 16.7 Å². The SMILES string of the molecule is COC(=O)c1cnccc1-c1nc2cc(C(F)(F)F)cnc2n1C. The number of rotatable bonds is 2. The zero-order valence-corrected chi connectivity index (χ0v) is 12.6. The van der Waals surface area contributed by atoms with Gasteiger partial charge in [0.25, 0.3) is 0 Å². The summed E-state index contributed by atoms with van der Waals surface area (Å²) in [5.74, 6) is -0.325. The number of pyridine rings is 2. The molecule has 24 heavy (non-hydrogen) atoms. The van der Waals surface area contributed by atoms with E-state index >= 15 is 0 Å². The predicted octanol–water partition coefficient (Wildman–Crippen LogP) is 2.84. The number of methoxy groups -OCH3 is 1. The molecule has 3 heterocycles. The van der Waals surface area contributed by atoms with Gasteiger partial charge in [0.15, 0.2) is 5.65 Å². The Kier molecular flexibility index (Phi) is 3.70. The molecule has 0 atom stereocenters. The largest absolute Gasteiger partial charge is 0.465 e. The van der Waals surface area contributed by atoms with Crippen molar-refractivity contribution in [2.24, 2.45) is 7.05 Å². The maximum absolute atomic E-state index is 12.8. The molecule has 0 aromatic carbocycles. The van der Waals surface area contributed by atoms with Crippen molar-refractivity contribution in [1.82, 2.24) is 19.5 Å². The molecule has 0 saturated heterocycles. The quantitative estimate of drug-likeness (QED) is 0.673. The van der Waals surface area contributed by atoms with Crippen molar-refractivity contribution in [2.45, 2.75) is 6.18 Å². The van der Waals surface area contributed by atoms with E-state index in [0.717, 1.165) is 12.3 Å². The van der Waals surface area contributed by atoms with E-state index in [1.807, 2.05) is 0 Å². The van der Waals surface area contributed by atoms with Gasteiger partial charge in [-0.3, -0.25) is 4.98 Å². The molecule has 0 bridgehead atoms. The summed E-state index contributed by atoms with van der Waals surface area (Å²) in [7, 11) is 2.83. The number of aromatic nitrogens is 4. The number of aryl methyl sites for hydroxylation is 1. The first-order chi connectivity index (χ1) is 11.3. The highest BCUT2D eigenvalue weighted by atomic mass is 19.4. The fourth-order valence-electron chi connectivity index (χ4n) is 2.33. The van der Waals surface area contributed by atoms with Gasteiger partial charge in [0.05, 0.1) is 18.2 Å². The van der Waals surface area contributed by atoms with Crippen molar-refractivity contribution in [1.29, 1.82) is 0 Å². The molecule has 124 valence electrons. The Hall–Kier alpha value is -2.97. The standard InChI is InChI=1S/C15H11F3N4O2/c1-22-12(9-3-4-19-7-10(9)14(23)24-2)21-11-5-8(15(16,17)18)6-20-13(11)22/h3-7H,1-2H3. The zero-order valence-electron chi connectivity index (χ0n) is 12.6. The third-order valence-electron chi connectivity index (χ3n) is 3.50. The first kappa shape index (κ1) is 15.9. The van der Waals surface area contributed by atoms with E-state index in [2.05, 4.69) is 15.0 Å². The molecule has 0 aliphatic carbocycles. The van der Waals surface area contributed by atoms with Crippen LogP contribution in [0, 0.1) is 0 Å². The number of hydrogen-bond acceptors (Lipinski definition) is 5. The van der Waals surface area contributed by atoms with Crippen molar-refractivity contribution in [2.75, 3.05) is 7.11 Å². The van der Waals surface area contributed by atoms with Gasteiger partial charge in [-0.15, -0.1) is 0 Å². The minimum absolute atomic E-state index is 0.0787. The normalized spacial score (nSPS) is 11.7. The maximum atomic E-state index is 12.8. The Bertz CT molecular complexity index is 934. The lowest BCUT2D eigenvalue weighted by molar-refractivity contribution is -0.137. The molecule has 3 aromatic rings. The smallest absolute Gasteiger partial charge is 0.417 e. The summed E-state index contributed by atoms with van der Waals surface area (Å²) in [5, 5.41) is 0. The summed E-state index contributed by atoms with van der Waals surface area (Å²) in [5.41, 5.74) is 0.0171. The first-order valence-corrected chi connectivity index (χ1v) is 6.75. The summed E-state index contributed by atoms with van der Waals surface area (Å²) in [6.45, 7) is 0. The fraction of sp³-hybridized carbons (Fsp3) is 0.200. The number of halogens is 3. The Labute approximate surface area is 133 Å². The van der Waals surface area contributed by atoms with Gasteiger partial charge in [-0.05, 0) is 12.1 Å². The van der Waals surface area contributed by atoms with Crippen LogP contribution in [0.5, 0.6) is 0 Å². The molecule has 0 spiro atoms. The number of hydrogen-bond donors (Lipinski definition) is 0. The molecule has 0 aliphatic rings. The van der Waals surface area contributed by atoms with E-state index in [4.69, 9.17) is 4.74 Å². The second kappa shape index (κ2) is 5.59. The number of carbonyl (C=O) groups is 1. The number of alkyl halides is 3. The highest BCUT2D eigenvalue weighted by Crippen LogP contribution is 2.32. The van der Waals surface area contributed by atoms with E-state index < -0.39 is 17.7 Å². The molecular formula is C15H11F3N4O2. The number of carbonyl (C=O) groups excluding carboxylic acids is 1. The lowest BCUT2D eigenvalue weighted by atomic mass is 10.1. The highest BCUT2D eigenvalue weighted by molar-refractivity contribution is 5.96. The first-order valence-electron chi connectivity index (χ1n) is 6.75. The second-order valence-electron chi connectivity index (χ2n) is 4.97. The van der Waals surface area contributed by atoms with Crippen LogP contribution in [0.15, 0.2) is 30.7 Å². The lowest BCUT2D eigenvalue weighted by Crippen LogP contribution is -2.06. The molecule has 0 radical (unpaired) electrons. The van der Waals surface area contributed by atoms with Crippen molar-refractivity contribution in [3.05, 3.63) is 41.9 Å². The molecular weight excluding hydrogens is 325 g/mol. The number of imidazole rings is 1. The fourth-order valence-corrected chi connectivity index (χ4v) is 2.33. The van der Waals surface area contributed by atoms with Gasteiger partial charge in [0, 0.05) is 31.2 Å². The minimum atomic E-state index is -4.51. The van der Waals surface area contributed by atoms with Crippen molar-refractivity contribution in [3.63, 3.8) is 0 Å². The van der Waals surface area contributed by atoms with Gasteiger partial charge in [0.1, 0.15) is 11.3 Å². The Balaban J connectivity index is 2.22. The van der Waals surface area contributed by atoms with Crippen LogP contribution in [0.4, 0.5) is 13.2 Å². The van der Waals surface area contributed by atoms with Crippen LogP contribution in [-0.4, -0.2) is 32.6 Å². The van der Waals surface area contributed by atoms with Crippen LogP contribution >= 0.6 is 0 Å². The molecule has 0 amide bonds. The molecule has 3 rings (SSSR count). The average molecular weight is 336 g/mol. The maximum Gasteiger partial charge on any atom is 0.417 e. The van der Waals surface area contributed by atoms with Crippen LogP contribution < -0.4 is 0 Å². The zero-order chi connectivity index (χ0) is 17.5. The number of nitrogens with zero attached hydrogens (tertiary/aromatic N) is 4. The Morgan fingerprint density at radius 2 is 2.04 bits per heavy atom. The molecule has 0 saturated carbocycles. The van der Waals surface area contributed by atoms with Crippen molar-refractivity contribution < 1.29 is 22.7 Å². The molecule has 0 N–H and O–H groups in total. The van der Waals surface area contributed by atoms with Crippen LogP contribution in [0.25, 0.3) is 22.6 Å². The molecule has 0 unspecified atom stereocenters. The third-order valence-corrected chi connectivity index (χ3v) is 3.50. The lowest BCUT2D eigenvalue weighted by Gasteiger charge is -2.07. The summed E-state index contributed by atoms with van der Waals surface area (Å²) < 4.78 is 44.7. The van der Waals surface area contributed by atoms with Crippen LogP contribution in [0.3, 0.4) is 0 Å². The molecule has 3 aromatic heterocycles. The minimum Gasteiger partial charge on any atom is -0.465 e. The predicted molar refractivity (Wildman–Crippen MR) is 78.1 cm³/mol. The van der Waals surface area contributed by atoms with Crippen LogP contribution in [0.2, 0.25) is 0 Å². The van der Waals surface area contributed by atoms with E-state index in [9.17, 15) is 18.0 Å². The van der Waals surface area contributed by atoms with Gasteiger partial charge in [-0.2, -0.15) is 13.2 Å². The van der Waals surface area contributed by atoms with Crippen LogP contribution in [-0.2, 0) is 18.0 Å². The van der Waals surface area contributed by atoms with Gasteiger partial charge >= 0.3 is 12.1 Å². The molecule has 9 heteroatoms. The van der Waals surface area contributed by atoms with E-state index in [0.29, 0.717) is 11.4 Å². The van der Waals surface area contributed by atoms with Gasteiger partial charge in [-0.25, -0.2) is 14.8 Å². The summed E-state index contributed by atoms with van der Waals surface area (Å²) in [4.78, 5) is 23.8. The van der Waals surface area contributed by atoms with Crippen molar-refractivity contribution in [3.8, 4) is 11.4 Å². The Morgan fingerprint density at radius 3 is 2.71 bits per heavy atom. The monoisotopic (exact) mass is 336 g/mol. The third kappa shape index (κ3) is 2.57. The highest BCUT2D eigenvalue weighted by Gasteiger charge is 2.32. The average Bonchev–Trinajstić information content (AvgIpc) is 2.89. The van der Waals surface area contributed by atoms with E-state index in [1.54, 1.807) is 7.05 Å². The number of ether oxygens (including phenoxy) is 1. The summed E-state index contributed by atoms with van der Waals surface area (Å²) in [6, 6.07) is 2.46. The number of esters is 1. The molecule has 6 nitrogen and oxygen atoms in total. The van der Waals surface area contributed by atoms with E-state index in [1.165, 1.54) is 30.1 Å². The summed E-state index contributed by atoms with van der Waals surface area (Å²) in [6.07, 6.45) is -0.987. The van der Waals surface area contributed by atoms with Gasteiger partial charge in [-0.1, -0.05) is 0 Å². The second-order valence-corrected chi connectivity index (χ2v) is 4.97. The van der Waals surface area contributed by atoms with Gasteiger partial charge in [0.2, 0.25) is 0 Å². The molecule has 0 fully saturated rings. The number of fused-ring (bicyclic) bond motifs is 1. The summed E-state index contributed by atoms with van der Waals surface area (Å²) >= 11 is 0. The molecule has 0 aliphatic heterocycles. The Morgan fingerprint density at radius 1 is 1.29 bits per heavy atom. The van der Waals surface area contributed by atoms with Gasteiger partial charge < -0.3 is 9.30 Å². The topological polar surface area (TPSA) is 69.9 Å². The van der Waals surface area contributed by atoms with Crippen LogP contribution in [0.1, 0.15) is 15.9 Å². The van der Waals surface area contributed by atoms with Crippen molar-refractivity contribution >= 4 is 17.1 Å².